The lowest BCUT2D eigenvalue weighted by atomic mass is 9.79. The van der Waals surface area contributed by atoms with Crippen molar-refractivity contribution in [2.45, 2.75) is 43.5 Å². The lowest BCUT2D eigenvalue weighted by molar-refractivity contribution is -0.141. The average Bonchev–Trinajstić information content (AvgIpc) is 3.26. The monoisotopic (exact) mass is 501 g/mol. The van der Waals surface area contributed by atoms with Crippen LogP contribution in [0.4, 0.5) is 4.79 Å². The number of carboxylic acid groups (broad SMARTS) is 2. The molecule has 1 amide bonds. The summed E-state index contributed by atoms with van der Waals surface area (Å²) in [4.78, 5) is 28.4. The molecule has 9 heteroatoms. The molecule has 0 aromatic heterocycles. The van der Waals surface area contributed by atoms with Crippen molar-refractivity contribution in [3.8, 4) is 5.75 Å². The van der Waals surface area contributed by atoms with Gasteiger partial charge < -0.3 is 14.9 Å². The number of halogens is 1. The Hall–Kier alpha value is -2.81. The van der Waals surface area contributed by atoms with Crippen LogP contribution in [0.2, 0.25) is 5.02 Å². The van der Waals surface area contributed by atoms with Crippen LogP contribution in [0.25, 0.3) is 0 Å². The molecule has 0 bridgehead atoms. The number of likely N-dealkylation sites (tertiary alicyclic amines) is 2. The molecule has 0 unspecified atom stereocenters. The van der Waals surface area contributed by atoms with Gasteiger partial charge in [0.25, 0.3) is 0 Å². The molecule has 0 radical (unpaired) electrons. The maximum atomic E-state index is 11.4. The zero-order valence-electron chi connectivity index (χ0n) is 20.1. The number of hydrogen-bond acceptors (Lipinski definition) is 5. The maximum Gasteiger partial charge on any atom is 0.408 e. The molecular weight excluding hydrogens is 470 g/mol. The van der Waals surface area contributed by atoms with Crippen molar-refractivity contribution in [1.29, 1.82) is 0 Å². The van der Waals surface area contributed by atoms with E-state index in [0.717, 1.165) is 42.9 Å². The third kappa shape index (κ3) is 5.39. The first kappa shape index (κ1) is 25.3. The highest BCUT2D eigenvalue weighted by atomic mass is 35.5. The van der Waals surface area contributed by atoms with Crippen LogP contribution in [0.5, 0.6) is 5.75 Å². The quantitative estimate of drug-likeness (QED) is 0.592. The highest BCUT2D eigenvalue weighted by molar-refractivity contribution is 6.31. The molecule has 2 saturated heterocycles. The van der Waals surface area contributed by atoms with Crippen molar-refractivity contribution in [2.24, 2.45) is 0 Å². The Morgan fingerprint density at radius 2 is 1.80 bits per heavy atom. The molecule has 35 heavy (non-hydrogen) atoms. The van der Waals surface area contributed by atoms with Gasteiger partial charge in [0.1, 0.15) is 17.9 Å². The van der Waals surface area contributed by atoms with E-state index in [1.165, 1.54) is 5.56 Å². The van der Waals surface area contributed by atoms with Gasteiger partial charge in [-0.25, -0.2) is 9.59 Å². The van der Waals surface area contributed by atoms with Gasteiger partial charge in [0, 0.05) is 36.6 Å². The SMILES string of the molecule is CN(C)C1(c2ccccc2)CCN(Cc2ccc(O[C@H]3C[C@@H](C(=O)O)N(C(=O)O)C3)cc2Cl)CC1. The standard InChI is InChI=1S/C26H32ClN3O5/c1-28(2)26(19-6-4-3-5-7-19)10-12-29(13-11-26)16-18-8-9-20(14-22(18)27)35-21-15-23(24(31)32)30(17-21)25(33)34/h3-9,14,21,23H,10-13,15-17H2,1-2H3,(H,31,32)(H,33,34)/t21-,23-/m0/s1. The summed E-state index contributed by atoms with van der Waals surface area (Å²) < 4.78 is 5.89. The number of benzene rings is 2. The minimum Gasteiger partial charge on any atom is -0.488 e. The smallest absolute Gasteiger partial charge is 0.408 e. The van der Waals surface area contributed by atoms with E-state index in [4.69, 9.17) is 16.3 Å². The Balaban J connectivity index is 1.37. The van der Waals surface area contributed by atoms with Gasteiger partial charge in [0.05, 0.1) is 6.54 Å². The first-order chi connectivity index (χ1) is 16.7. The summed E-state index contributed by atoms with van der Waals surface area (Å²) in [5.74, 6) is -0.659. The van der Waals surface area contributed by atoms with E-state index >= 15 is 0 Å². The predicted octanol–water partition coefficient (Wildman–Crippen LogP) is 3.98. The van der Waals surface area contributed by atoms with Crippen molar-refractivity contribution < 1.29 is 24.5 Å². The van der Waals surface area contributed by atoms with Gasteiger partial charge in [-0.3, -0.25) is 14.7 Å². The minimum absolute atomic E-state index is 0.00842. The Morgan fingerprint density at radius 3 is 2.34 bits per heavy atom. The number of nitrogens with zero attached hydrogens (tertiary/aromatic N) is 3. The van der Waals surface area contributed by atoms with Crippen LogP contribution in [-0.4, -0.2) is 82.9 Å². The number of hydrogen-bond donors (Lipinski definition) is 2. The third-order valence-corrected chi connectivity index (χ3v) is 7.72. The van der Waals surface area contributed by atoms with Gasteiger partial charge in [-0.15, -0.1) is 0 Å². The molecule has 4 rings (SSSR count). The highest BCUT2D eigenvalue weighted by Crippen LogP contribution is 2.38. The molecule has 2 atom stereocenters. The Labute approximate surface area is 210 Å². The molecule has 0 spiro atoms. The van der Waals surface area contributed by atoms with Crippen LogP contribution >= 0.6 is 11.6 Å². The fourth-order valence-corrected chi connectivity index (χ4v) is 5.55. The zero-order chi connectivity index (χ0) is 25.2. The van der Waals surface area contributed by atoms with Gasteiger partial charge in [-0.2, -0.15) is 0 Å². The normalized spacial score (nSPS) is 22.3. The van der Waals surface area contributed by atoms with E-state index in [9.17, 15) is 19.8 Å². The van der Waals surface area contributed by atoms with Gasteiger partial charge in [0.2, 0.25) is 0 Å². The fourth-order valence-electron chi connectivity index (χ4n) is 5.31. The number of rotatable bonds is 7. The van der Waals surface area contributed by atoms with E-state index in [1.807, 2.05) is 12.1 Å². The molecular formula is C26H32ClN3O5. The molecule has 0 saturated carbocycles. The summed E-state index contributed by atoms with van der Waals surface area (Å²) in [7, 11) is 4.30. The van der Waals surface area contributed by atoms with Gasteiger partial charge in [0.15, 0.2) is 0 Å². The lowest BCUT2D eigenvalue weighted by Crippen LogP contribution is -2.50. The fraction of sp³-hybridized carbons (Fsp3) is 0.462. The molecule has 2 N–H and O–H groups in total. The van der Waals surface area contributed by atoms with Crippen LogP contribution in [0.1, 0.15) is 30.4 Å². The van der Waals surface area contributed by atoms with Crippen molar-refractivity contribution in [2.75, 3.05) is 33.7 Å². The lowest BCUT2D eigenvalue weighted by Gasteiger charge is -2.46. The number of amides is 1. The van der Waals surface area contributed by atoms with Crippen molar-refractivity contribution in [1.82, 2.24) is 14.7 Å². The molecule has 0 aliphatic carbocycles. The summed E-state index contributed by atoms with van der Waals surface area (Å²) >= 11 is 6.58. The molecule has 2 heterocycles. The van der Waals surface area contributed by atoms with Crippen molar-refractivity contribution in [3.05, 3.63) is 64.7 Å². The average molecular weight is 502 g/mol. The van der Waals surface area contributed by atoms with Crippen molar-refractivity contribution in [3.63, 3.8) is 0 Å². The summed E-state index contributed by atoms with van der Waals surface area (Å²) in [6.45, 7) is 2.64. The second-order valence-electron chi connectivity index (χ2n) is 9.59. The second-order valence-corrected chi connectivity index (χ2v) is 9.99. The Morgan fingerprint density at radius 1 is 1.11 bits per heavy atom. The van der Waals surface area contributed by atoms with Gasteiger partial charge in [-0.1, -0.05) is 48.0 Å². The summed E-state index contributed by atoms with van der Waals surface area (Å²) in [6.07, 6.45) is 0.353. The zero-order valence-corrected chi connectivity index (χ0v) is 20.8. The number of aliphatic carboxylic acids is 1. The highest BCUT2D eigenvalue weighted by Gasteiger charge is 2.41. The van der Waals surface area contributed by atoms with E-state index in [2.05, 4.69) is 54.2 Å². The molecule has 8 nitrogen and oxygen atoms in total. The summed E-state index contributed by atoms with van der Waals surface area (Å²) in [5, 5.41) is 19.1. The first-order valence-electron chi connectivity index (χ1n) is 11.8. The molecule has 2 aromatic rings. The van der Waals surface area contributed by atoms with Crippen molar-refractivity contribution >= 4 is 23.7 Å². The third-order valence-electron chi connectivity index (χ3n) is 7.37. The van der Waals surface area contributed by atoms with Crippen LogP contribution < -0.4 is 4.74 Å². The van der Waals surface area contributed by atoms with Gasteiger partial charge >= 0.3 is 12.1 Å². The van der Waals surface area contributed by atoms with Crippen LogP contribution in [0.3, 0.4) is 0 Å². The van der Waals surface area contributed by atoms with Crippen LogP contribution in [-0.2, 0) is 16.9 Å². The number of piperidine rings is 1. The number of ether oxygens (including phenoxy) is 1. The first-order valence-corrected chi connectivity index (χ1v) is 12.2. The summed E-state index contributed by atoms with van der Waals surface area (Å²) in [6, 6.07) is 15.1. The van der Waals surface area contributed by atoms with Crippen LogP contribution in [0, 0.1) is 0 Å². The largest absolute Gasteiger partial charge is 0.488 e. The topological polar surface area (TPSA) is 93.6 Å². The maximum absolute atomic E-state index is 11.4. The molecule has 2 aromatic carbocycles. The molecule has 188 valence electrons. The molecule has 2 aliphatic heterocycles. The van der Waals surface area contributed by atoms with Gasteiger partial charge in [-0.05, 0) is 50.2 Å². The molecule has 2 fully saturated rings. The van der Waals surface area contributed by atoms with E-state index < -0.39 is 24.2 Å². The van der Waals surface area contributed by atoms with E-state index in [0.29, 0.717) is 10.8 Å². The minimum atomic E-state index is -1.26. The summed E-state index contributed by atoms with van der Waals surface area (Å²) in [5.41, 5.74) is 2.37. The van der Waals surface area contributed by atoms with E-state index in [-0.39, 0.29) is 18.5 Å². The number of carboxylic acids is 1. The second kappa shape index (κ2) is 10.4. The number of carbonyl (C=O) groups is 2. The van der Waals surface area contributed by atoms with E-state index in [1.54, 1.807) is 6.07 Å². The Kier molecular flexibility index (Phi) is 7.54. The predicted molar refractivity (Wildman–Crippen MR) is 133 cm³/mol. The molecule has 2 aliphatic rings. The Bertz CT molecular complexity index is 1030. The van der Waals surface area contributed by atoms with Crippen LogP contribution in [0.15, 0.2) is 48.5 Å².